The Morgan fingerprint density at radius 2 is 2.26 bits per heavy atom. The van der Waals surface area contributed by atoms with Gasteiger partial charge in [-0.1, -0.05) is 23.6 Å². The molecular weight excluding hydrogens is 393 g/mol. The van der Waals surface area contributed by atoms with Gasteiger partial charge in [-0.2, -0.15) is 0 Å². The van der Waals surface area contributed by atoms with Crippen molar-refractivity contribution in [2.75, 3.05) is 11.4 Å². The Kier molecular flexibility index (Phi) is 7.07. The van der Waals surface area contributed by atoms with Crippen molar-refractivity contribution < 1.29 is 17.9 Å². The SMILES string of the molecule is C#Cc1cc(CNC(=O)C=Cc2ccc(Cl)nc2)cc(F)c1N(C)S(=O)O. The molecule has 1 aromatic heterocycles. The minimum absolute atomic E-state index is 0.0276. The maximum atomic E-state index is 14.3. The fraction of sp³-hybridized carbons (Fsp3) is 0.111. The third kappa shape index (κ3) is 5.62. The number of nitrogens with zero attached hydrogens (tertiary/aromatic N) is 2. The Morgan fingerprint density at radius 3 is 2.85 bits per heavy atom. The molecular formula is C18H15ClFN3O3S. The number of terminal acetylenes is 1. The zero-order valence-electron chi connectivity index (χ0n) is 14.1. The summed E-state index contributed by atoms with van der Waals surface area (Å²) in [5.74, 6) is 1.12. The Morgan fingerprint density at radius 1 is 1.52 bits per heavy atom. The second kappa shape index (κ2) is 9.28. The van der Waals surface area contributed by atoms with E-state index < -0.39 is 23.0 Å². The highest BCUT2D eigenvalue weighted by Crippen LogP contribution is 2.25. The van der Waals surface area contributed by atoms with Crippen molar-refractivity contribution in [1.82, 2.24) is 10.3 Å². The minimum atomic E-state index is -2.42. The van der Waals surface area contributed by atoms with E-state index in [2.05, 4.69) is 16.2 Å². The standard InChI is InChI=1S/C18H15ClFN3O3S/c1-3-14-8-13(9-15(20)18(14)23(2)27(25)26)11-22-17(24)7-5-12-4-6-16(19)21-10-12/h1,4-10H,11H2,2H3,(H,22,24)(H,25,26). The first-order valence-corrected chi connectivity index (χ1v) is 8.97. The molecule has 6 nitrogen and oxygen atoms in total. The first kappa shape index (κ1) is 20.6. The van der Waals surface area contributed by atoms with E-state index in [-0.39, 0.29) is 17.8 Å². The van der Waals surface area contributed by atoms with Gasteiger partial charge >= 0.3 is 0 Å². The van der Waals surface area contributed by atoms with Crippen LogP contribution in [0.5, 0.6) is 0 Å². The number of hydrogen-bond donors (Lipinski definition) is 2. The van der Waals surface area contributed by atoms with E-state index in [1.54, 1.807) is 18.2 Å². The van der Waals surface area contributed by atoms with Crippen molar-refractivity contribution in [2.24, 2.45) is 0 Å². The smallest absolute Gasteiger partial charge is 0.261 e. The average molecular weight is 408 g/mol. The number of hydrogen-bond acceptors (Lipinski definition) is 3. The highest BCUT2D eigenvalue weighted by Gasteiger charge is 2.17. The lowest BCUT2D eigenvalue weighted by Gasteiger charge is -2.17. The summed E-state index contributed by atoms with van der Waals surface area (Å²) in [5, 5.41) is 2.95. The van der Waals surface area contributed by atoms with Gasteiger partial charge in [-0.3, -0.25) is 13.7 Å². The van der Waals surface area contributed by atoms with Crippen LogP contribution in [0.15, 0.2) is 36.5 Å². The summed E-state index contributed by atoms with van der Waals surface area (Å²) in [7, 11) is 1.24. The van der Waals surface area contributed by atoms with Crippen LogP contribution in [0.3, 0.4) is 0 Å². The van der Waals surface area contributed by atoms with Crippen LogP contribution in [0.25, 0.3) is 6.08 Å². The second-order valence-electron chi connectivity index (χ2n) is 5.31. The molecule has 0 saturated carbocycles. The van der Waals surface area contributed by atoms with Gasteiger partial charge < -0.3 is 5.32 Å². The van der Waals surface area contributed by atoms with E-state index in [0.717, 1.165) is 10.4 Å². The number of aromatic nitrogens is 1. The number of rotatable bonds is 6. The van der Waals surface area contributed by atoms with Crippen LogP contribution in [0, 0.1) is 18.2 Å². The molecule has 0 spiro atoms. The highest BCUT2D eigenvalue weighted by atomic mass is 35.5. The van der Waals surface area contributed by atoms with Crippen LogP contribution in [-0.2, 0) is 22.6 Å². The Hall–Kier alpha value is -2.73. The minimum Gasteiger partial charge on any atom is -0.348 e. The Balaban J connectivity index is 2.08. The van der Waals surface area contributed by atoms with Gasteiger partial charge in [-0.15, -0.1) is 6.42 Å². The number of nitrogens with one attached hydrogen (secondary N) is 1. The van der Waals surface area contributed by atoms with Crippen molar-refractivity contribution in [3.8, 4) is 12.3 Å². The molecule has 2 aromatic rings. The molecule has 2 rings (SSSR count). The molecule has 0 aliphatic carbocycles. The monoisotopic (exact) mass is 407 g/mol. The Labute approximate surface area is 163 Å². The van der Waals surface area contributed by atoms with Gasteiger partial charge in [-0.25, -0.2) is 13.6 Å². The average Bonchev–Trinajstić information content (AvgIpc) is 2.64. The molecule has 0 bridgehead atoms. The lowest BCUT2D eigenvalue weighted by atomic mass is 10.1. The molecule has 9 heteroatoms. The molecule has 0 radical (unpaired) electrons. The van der Waals surface area contributed by atoms with Crippen LogP contribution in [-0.4, -0.2) is 26.7 Å². The molecule has 1 aromatic carbocycles. The van der Waals surface area contributed by atoms with Gasteiger partial charge in [0, 0.05) is 25.9 Å². The predicted octanol–water partition coefficient (Wildman–Crippen LogP) is 2.76. The largest absolute Gasteiger partial charge is 0.348 e. The summed E-state index contributed by atoms with van der Waals surface area (Å²) in [6.07, 6.45) is 9.74. The van der Waals surface area contributed by atoms with Crippen LogP contribution >= 0.6 is 11.6 Å². The van der Waals surface area contributed by atoms with Crippen molar-refractivity contribution in [1.29, 1.82) is 0 Å². The predicted molar refractivity (Wildman–Crippen MR) is 104 cm³/mol. The molecule has 0 fully saturated rings. The van der Waals surface area contributed by atoms with Gasteiger partial charge in [-0.05, 0) is 35.4 Å². The molecule has 0 aliphatic heterocycles. The summed E-state index contributed by atoms with van der Waals surface area (Å²) < 4.78 is 35.4. The lowest BCUT2D eigenvalue weighted by Crippen LogP contribution is -2.23. The lowest BCUT2D eigenvalue weighted by molar-refractivity contribution is -0.116. The number of carbonyl (C=O) groups is 1. The summed E-state index contributed by atoms with van der Waals surface area (Å²) in [6.45, 7) is 0.0276. The fourth-order valence-corrected chi connectivity index (χ4v) is 2.62. The molecule has 0 aliphatic rings. The van der Waals surface area contributed by atoms with Crippen LogP contribution in [0.2, 0.25) is 5.15 Å². The van der Waals surface area contributed by atoms with Gasteiger partial charge in [0.2, 0.25) is 5.91 Å². The van der Waals surface area contributed by atoms with E-state index in [1.807, 2.05) is 0 Å². The van der Waals surface area contributed by atoms with Crippen LogP contribution < -0.4 is 9.62 Å². The van der Waals surface area contributed by atoms with Crippen LogP contribution in [0.1, 0.15) is 16.7 Å². The van der Waals surface area contributed by atoms with E-state index in [4.69, 9.17) is 22.6 Å². The third-order valence-electron chi connectivity index (χ3n) is 3.47. The topological polar surface area (TPSA) is 82.5 Å². The van der Waals surface area contributed by atoms with Crippen molar-refractivity contribution in [2.45, 2.75) is 6.54 Å². The number of halogens is 2. The molecule has 27 heavy (non-hydrogen) atoms. The van der Waals surface area contributed by atoms with Crippen LogP contribution in [0.4, 0.5) is 10.1 Å². The maximum absolute atomic E-state index is 14.3. The van der Waals surface area contributed by atoms with Gasteiger partial charge in [0.15, 0.2) is 0 Å². The summed E-state index contributed by atoms with van der Waals surface area (Å²) in [5.41, 5.74) is 1.05. The Bertz CT molecular complexity index is 942. The first-order valence-electron chi connectivity index (χ1n) is 7.53. The number of benzene rings is 1. The molecule has 0 saturated heterocycles. The number of pyridine rings is 1. The molecule has 1 heterocycles. The quantitative estimate of drug-likeness (QED) is 0.334. The fourth-order valence-electron chi connectivity index (χ4n) is 2.17. The summed E-state index contributed by atoms with van der Waals surface area (Å²) in [6, 6.07) is 5.91. The number of carbonyl (C=O) groups excluding carboxylic acids is 1. The van der Waals surface area contributed by atoms with E-state index in [9.17, 15) is 13.4 Å². The van der Waals surface area contributed by atoms with Crippen molar-refractivity contribution >= 4 is 40.5 Å². The van der Waals surface area contributed by atoms with E-state index in [1.165, 1.54) is 25.4 Å². The van der Waals surface area contributed by atoms with Gasteiger partial charge in [0.1, 0.15) is 16.7 Å². The van der Waals surface area contributed by atoms with Crippen molar-refractivity contribution in [3.05, 3.63) is 64.2 Å². The molecule has 2 N–H and O–H groups in total. The second-order valence-corrected chi connectivity index (χ2v) is 6.71. The zero-order chi connectivity index (χ0) is 20.0. The maximum Gasteiger partial charge on any atom is 0.261 e. The summed E-state index contributed by atoms with van der Waals surface area (Å²) >= 11 is 3.27. The number of amides is 1. The highest BCUT2D eigenvalue weighted by molar-refractivity contribution is 7.80. The number of anilines is 1. The van der Waals surface area contributed by atoms with Gasteiger partial charge in [0.05, 0.1) is 5.56 Å². The zero-order valence-corrected chi connectivity index (χ0v) is 15.7. The van der Waals surface area contributed by atoms with E-state index >= 15 is 0 Å². The molecule has 1 unspecified atom stereocenters. The summed E-state index contributed by atoms with van der Waals surface area (Å²) in [4.78, 5) is 15.8. The molecule has 1 atom stereocenters. The normalized spacial score (nSPS) is 11.8. The molecule has 140 valence electrons. The first-order chi connectivity index (χ1) is 12.8. The van der Waals surface area contributed by atoms with Crippen molar-refractivity contribution in [3.63, 3.8) is 0 Å². The molecule has 1 amide bonds. The third-order valence-corrected chi connectivity index (χ3v) is 4.35. The van der Waals surface area contributed by atoms with Gasteiger partial charge in [0.25, 0.3) is 11.3 Å². The van der Waals surface area contributed by atoms with E-state index in [0.29, 0.717) is 16.3 Å².